The molecule has 1 aromatic rings. The summed E-state index contributed by atoms with van der Waals surface area (Å²) in [6, 6.07) is 10.3. The molecule has 25 heavy (non-hydrogen) atoms. The second-order valence-electron chi connectivity index (χ2n) is 6.13. The van der Waals surface area contributed by atoms with Crippen LogP contribution in [0.1, 0.15) is 44.3 Å². The van der Waals surface area contributed by atoms with Gasteiger partial charge in [-0.05, 0) is 38.2 Å². The van der Waals surface area contributed by atoms with Crippen LogP contribution < -0.4 is 10.6 Å². The molecule has 142 valence electrons. The molecule has 0 spiro atoms. The summed E-state index contributed by atoms with van der Waals surface area (Å²) in [5.74, 6) is 0.851. The first-order valence-corrected chi connectivity index (χ1v) is 9.02. The molecule has 1 saturated heterocycles. The quantitative estimate of drug-likeness (QED) is 0.256. The van der Waals surface area contributed by atoms with Gasteiger partial charge in [0.1, 0.15) is 0 Å². The number of hydrogen-bond donors (Lipinski definition) is 2. The minimum absolute atomic E-state index is 0. The van der Waals surface area contributed by atoms with Gasteiger partial charge in [-0.2, -0.15) is 0 Å². The van der Waals surface area contributed by atoms with Crippen LogP contribution in [0.3, 0.4) is 0 Å². The SMILES string of the molecule is CN=C(NCCCOC(C)c1ccccc1)NCCC1CCCO1.I. The van der Waals surface area contributed by atoms with Crippen LogP contribution in [0, 0.1) is 0 Å². The smallest absolute Gasteiger partial charge is 0.190 e. The number of hydrogen-bond acceptors (Lipinski definition) is 3. The van der Waals surface area contributed by atoms with Crippen LogP contribution in [0.4, 0.5) is 0 Å². The number of benzene rings is 1. The zero-order valence-electron chi connectivity index (χ0n) is 15.4. The lowest BCUT2D eigenvalue weighted by Gasteiger charge is -2.15. The van der Waals surface area contributed by atoms with Gasteiger partial charge in [0, 0.05) is 33.4 Å². The van der Waals surface area contributed by atoms with Crippen molar-refractivity contribution in [2.24, 2.45) is 4.99 Å². The highest BCUT2D eigenvalue weighted by molar-refractivity contribution is 14.0. The Kier molecular flexibility index (Phi) is 11.9. The molecule has 0 bridgehead atoms. The Morgan fingerprint density at radius 1 is 1.28 bits per heavy atom. The third kappa shape index (κ3) is 8.87. The van der Waals surface area contributed by atoms with Gasteiger partial charge in [0.2, 0.25) is 0 Å². The number of guanidine groups is 1. The van der Waals surface area contributed by atoms with Crippen molar-refractivity contribution in [2.45, 2.75) is 44.8 Å². The molecular weight excluding hydrogens is 429 g/mol. The average Bonchev–Trinajstić information content (AvgIpc) is 3.14. The van der Waals surface area contributed by atoms with Crippen LogP contribution in [0.25, 0.3) is 0 Å². The molecule has 1 aliphatic rings. The Morgan fingerprint density at radius 3 is 2.72 bits per heavy atom. The molecule has 2 N–H and O–H groups in total. The first-order valence-electron chi connectivity index (χ1n) is 9.02. The second kappa shape index (κ2) is 13.4. The molecule has 6 heteroatoms. The maximum atomic E-state index is 5.88. The van der Waals surface area contributed by atoms with E-state index in [0.717, 1.165) is 45.1 Å². The molecule has 2 atom stereocenters. The number of rotatable bonds is 9. The molecule has 1 heterocycles. The van der Waals surface area contributed by atoms with Gasteiger partial charge in [-0.15, -0.1) is 24.0 Å². The van der Waals surface area contributed by atoms with Gasteiger partial charge < -0.3 is 20.1 Å². The summed E-state index contributed by atoms with van der Waals surface area (Å²) in [5.41, 5.74) is 1.22. The number of ether oxygens (including phenoxy) is 2. The van der Waals surface area contributed by atoms with Crippen LogP contribution in [-0.2, 0) is 9.47 Å². The summed E-state index contributed by atoms with van der Waals surface area (Å²) in [5, 5.41) is 6.67. The van der Waals surface area contributed by atoms with Crippen molar-refractivity contribution in [3.05, 3.63) is 35.9 Å². The fourth-order valence-corrected chi connectivity index (χ4v) is 2.80. The van der Waals surface area contributed by atoms with Crippen LogP contribution >= 0.6 is 24.0 Å². The first kappa shape index (κ1) is 22.2. The highest BCUT2D eigenvalue weighted by Gasteiger charge is 2.14. The summed E-state index contributed by atoms with van der Waals surface area (Å²) in [6.45, 7) is 5.48. The van der Waals surface area contributed by atoms with E-state index in [4.69, 9.17) is 9.47 Å². The van der Waals surface area contributed by atoms with E-state index in [-0.39, 0.29) is 30.1 Å². The zero-order chi connectivity index (χ0) is 17.0. The molecule has 0 saturated carbocycles. The monoisotopic (exact) mass is 461 g/mol. The number of aliphatic imine (C=N–C) groups is 1. The summed E-state index contributed by atoms with van der Waals surface area (Å²) < 4.78 is 11.5. The normalized spacial score (nSPS) is 18.5. The Balaban J connectivity index is 0.00000312. The average molecular weight is 461 g/mol. The Hall–Kier alpha value is -0.860. The van der Waals surface area contributed by atoms with Gasteiger partial charge in [0.25, 0.3) is 0 Å². The topological polar surface area (TPSA) is 54.9 Å². The van der Waals surface area contributed by atoms with Crippen molar-refractivity contribution in [3.8, 4) is 0 Å². The lowest BCUT2D eigenvalue weighted by Crippen LogP contribution is -2.39. The van der Waals surface area contributed by atoms with E-state index in [1.54, 1.807) is 7.05 Å². The number of halogens is 1. The Morgan fingerprint density at radius 2 is 2.04 bits per heavy atom. The molecule has 1 aromatic carbocycles. The molecule has 0 aromatic heterocycles. The molecule has 0 radical (unpaired) electrons. The fraction of sp³-hybridized carbons (Fsp3) is 0.632. The zero-order valence-corrected chi connectivity index (χ0v) is 17.7. The predicted octanol–water partition coefficient (Wildman–Crippen LogP) is 3.51. The van der Waals surface area contributed by atoms with Crippen molar-refractivity contribution in [3.63, 3.8) is 0 Å². The standard InChI is InChI=1S/C19H31N3O2.HI/c1-16(17-8-4-3-5-9-17)23-15-7-12-21-19(20-2)22-13-11-18-10-6-14-24-18;/h3-5,8-9,16,18H,6-7,10-15H2,1-2H3,(H2,20,21,22);1H. The van der Waals surface area contributed by atoms with Crippen molar-refractivity contribution in [1.82, 2.24) is 10.6 Å². The Bertz CT molecular complexity index is 479. The maximum Gasteiger partial charge on any atom is 0.190 e. The van der Waals surface area contributed by atoms with E-state index >= 15 is 0 Å². The lowest BCUT2D eigenvalue weighted by atomic mass is 10.1. The molecular formula is C19H32IN3O2. The highest BCUT2D eigenvalue weighted by atomic mass is 127. The summed E-state index contributed by atoms with van der Waals surface area (Å²) in [4.78, 5) is 4.25. The van der Waals surface area contributed by atoms with Gasteiger partial charge >= 0.3 is 0 Å². The molecule has 0 aliphatic carbocycles. The van der Waals surface area contributed by atoms with Gasteiger partial charge in [-0.25, -0.2) is 0 Å². The molecule has 0 amide bonds. The van der Waals surface area contributed by atoms with Gasteiger partial charge in [0.15, 0.2) is 5.96 Å². The third-order valence-corrected chi connectivity index (χ3v) is 4.26. The summed E-state index contributed by atoms with van der Waals surface area (Å²) in [7, 11) is 1.80. The van der Waals surface area contributed by atoms with Crippen LogP contribution in [0.5, 0.6) is 0 Å². The number of nitrogens with zero attached hydrogens (tertiary/aromatic N) is 1. The second-order valence-corrected chi connectivity index (χ2v) is 6.13. The minimum atomic E-state index is 0. The summed E-state index contributed by atoms with van der Waals surface area (Å²) in [6.07, 6.45) is 4.92. The largest absolute Gasteiger partial charge is 0.378 e. The van der Waals surface area contributed by atoms with Crippen LogP contribution in [0.2, 0.25) is 0 Å². The maximum absolute atomic E-state index is 5.88. The van der Waals surface area contributed by atoms with Gasteiger partial charge in [-0.1, -0.05) is 30.3 Å². The van der Waals surface area contributed by atoms with Crippen molar-refractivity contribution in [1.29, 1.82) is 0 Å². The van der Waals surface area contributed by atoms with Crippen LogP contribution in [-0.4, -0.2) is 45.4 Å². The molecule has 5 nitrogen and oxygen atoms in total. The van der Waals surface area contributed by atoms with E-state index in [1.165, 1.54) is 18.4 Å². The lowest BCUT2D eigenvalue weighted by molar-refractivity contribution is 0.0646. The molecule has 2 unspecified atom stereocenters. The Labute approximate surface area is 169 Å². The van der Waals surface area contributed by atoms with E-state index in [9.17, 15) is 0 Å². The van der Waals surface area contributed by atoms with E-state index < -0.39 is 0 Å². The third-order valence-electron chi connectivity index (χ3n) is 4.26. The highest BCUT2D eigenvalue weighted by Crippen LogP contribution is 2.16. The molecule has 1 fully saturated rings. The molecule has 1 aliphatic heterocycles. The fourth-order valence-electron chi connectivity index (χ4n) is 2.80. The van der Waals surface area contributed by atoms with Crippen LogP contribution in [0.15, 0.2) is 35.3 Å². The number of nitrogens with one attached hydrogen (secondary N) is 2. The van der Waals surface area contributed by atoms with E-state index in [2.05, 4.69) is 34.7 Å². The van der Waals surface area contributed by atoms with Crippen molar-refractivity contribution >= 4 is 29.9 Å². The van der Waals surface area contributed by atoms with Crippen molar-refractivity contribution < 1.29 is 9.47 Å². The first-order chi connectivity index (χ1) is 11.8. The van der Waals surface area contributed by atoms with E-state index in [1.807, 2.05) is 18.2 Å². The van der Waals surface area contributed by atoms with Crippen molar-refractivity contribution in [2.75, 3.05) is 33.4 Å². The summed E-state index contributed by atoms with van der Waals surface area (Å²) >= 11 is 0. The van der Waals surface area contributed by atoms with E-state index in [0.29, 0.717) is 6.10 Å². The minimum Gasteiger partial charge on any atom is -0.378 e. The van der Waals surface area contributed by atoms with Gasteiger partial charge in [-0.3, -0.25) is 4.99 Å². The predicted molar refractivity (Wildman–Crippen MR) is 114 cm³/mol. The molecule has 2 rings (SSSR count). The van der Waals surface area contributed by atoms with Gasteiger partial charge in [0.05, 0.1) is 12.2 Å².